The number of carbonyl (C=O) groups is 2. The highest BCUT2D eigenvalue weighted by atomic mass is 16.5. The third-order valence-electron chi connectivity index (χ3n) is 5.88. The highest BCUT2D eigenvalue weighted by Crippen LogP contribution is 2.43. The van der Waals surface area contributed by atoms with Crippen LogP contribution >= 0.6 is 0 Å². The molecule has 7 heteroatoms. The molecule has 0 saturated carbocycles. The predicted octanol–water partition coefficient (Wildman–Crippen LogP) is 3.26. The molecule has 2 aromatic rings. The molecule has 1 N–H and O–H groups in total. The summed E-state index contributed by atoms with van der Waals surface area (Å²) in [4.78, 5) is 29.6. The standard InChI is InChI=1S/C23H25N3O4/c1-14(15-9-6-5-7-10-15)26-13-17-19(22(26)27)20(24-23(28)25(17)2)16-11-8-12-18(29-3)21(16)30-4/h5-12,14,20H,13H2,1-4H3,(H,24,28)/t14-,20+/m0/s1. The largest absolute Gasteiger partial charge is 0.493 e. The van der Waals surface area contributed by atoms with Crippen molar-refractivity contribution in [1.29, 1.82) is 0 Å². The number of benzene rings is 2. The first-order chi connectivity index (χ1) is 14.5. The summed E-state index contributed by atoms with van der Waals surface area (Å²) in [6.45, 7) is 2.37. The van der Waals surface area contributed by atoms with E-state index in [0.29, 0.717) is 34.9 Å². The van der Waals surface area contributed by atoms with Gasteiger partial charge in [-0.25, -0.2) is 4.79 Å². The van der Waals surface area contributed by atoms with Crippen LogP contribution in [0, 0.1) is 0 Å². The molecule has 0 radical (unpaired) electrons. The summed E-state index contributed by atoms with van der Waals surface area (Å²) >= 11 is 0. The number of amides is 3. The molecule has 0 aliphatic carbocycles. The van der Waals surface area contributed by atoms with Crippen LogP contribution in [-0.2, 0) is 4.79 Å². The number of rotatable bonds is 5. The van der Waals surface area contributed by atoms with Gasteiger partial charge in [-0.05, 0) is 18.6 Å². The third-order valence-corrected chi connectivity index (χ3v) is 5.88. The second-order valence-corrected chi connectivity index (χ2v) is 7.40. The lowest BCUT2D eigenvalue weighted by atomic mass is 9.94. The van der Waals surface area contributed by atoms with E-state index in [1.165, 1.54) is 4.90 Å². The van der Waals surface area contributed by atoms with Crippen molar-refractivity contribution in [2.24, 2.45) is 0 Å². The molecule has 0 unspecified atom stereocenters. The Kier molecular flexibility index (Phi) is 5.11. The molecule has 0 fully saturated rings. The second-order valence-electron chi connectivity index (χ2n) is 7.40. The lowest BCUT2D eigenvalue weighted by Gasteiger charge is -2.31. The van der Waals surface area contributed by atoms with E-state index in [2.05, 4.69) is 5.32 Å². The Morgan fingerprint density at radius 1 is 1.03 bits per heavy atom. The van der Waals surface area contributed by atoms with E-state index in [9.17, 15) is 9.59 Å². The zero-order valence-corrected chi connectivity index (χ0v) is 17.5. The first-order valence-corrected chi connectivity index (χ1v) is 9.82. The number of ether oxygens (including phenoxy) is 2. The average Bonchev–Trinajstić information content (AvgIpc) is 3.13. The van der Waals surface area contributed by atoms with Gasteiger partial charge >= 0.3 is 6.03 Å². The third kappa shape index (κ3) is 3.07. The monoisotopic (exact) mass is 407 g/mol. The van der Waals surface area contributed by atoms with Crippen molar-refractivity contribution in [3.63, 3.8) is 0 Å². The van der Waals surface area contributed by atoms with E-state index >= 15 is 0 Å². The van der Waals surface area contributed by atoms with E-state index in [4.69, 9.17) is 9.47 Å². The smallest absolute Gasteiger partial charge is 0.322 e. The van der Waals surface area contributed by atoms with Crippen LogP contribution in [0.5, 0.6) is 11.5 Å². The molecule has 0 bridgehead atoms. The molecule has 4 rings (SSSR count). The Hall–Kier alpha value is -3.48. The summed E-state index contributed by atoms with van der Waals surface area (Å²) in [6, 6.07) is 14.3. The van der Waals surface area contributed by atoms with Crippen LogP contribution in [0.15, 0.2) is 59.8 Å². The number of methoxy groups -OCH3 is 2. The molecular formula is C23H25N3O4. The predicted molar refractivity (Wildman–Crippen MR) is 112 cm³/mol. The van der Waals surface area contributed by atoms with Gasteiger partial charge in [-0.1, -0.05) is 42.5 Å². The van der Waals surface area contributed by atoms with Crippen LogP contribution in [-0.4, -0.2) is 49.6 Å². The molecule has 3 amide bonds. The molecule has 0 aromatic heterocycles. The van der Waals surface area contributed by atoms with Crippen LogP contribution in [0.2, 0.25) is 0 Å². The zero-order valence-electron chi connectivity index (χ0n) is 17.5. The average molecular weight is 407 g/mol. The quantitative estimate of drug-likeness (QED) is 0.826. The van der Waals surface area contributed by atoms with E-state index in [1.54, 1.807) is 32.2 Å². The van der Waals surface area contributed by atoms with Crippen molar-refractivity contribution in [2.75, 3.05) is 27.8 Å². The maximum absolute atomic E-state index is 13.6. The molecule has 2 aliphatic rings. The van der Waals surface area contributed by atoms with Gasteiger partial charge < -0.3 is 19.7 Å². The Morgan fingerprint density at radius 2 is 1.77 bits per heavy atom. The molecule has 2 heterocycles. The van der Waals surface area contributed by atoms with Crippen LogP contribution < -0.4 is 14.8 Å². The minimum atomic E-state index is -0.616. The molecule has 2 aliphatic heterocycles. The van der Waals surface area contributed by atoms with Gasteiger partial charge in [0, 0.05) is 12.6 Å². The number of hydrogen-bond donors (Lipinski definition) is 1. The molecule has 30 heavy (non-hydrogen) atoms. The summed E-state index contributed by atoms with van der Waals surface area (Å²) in [5, 5.41) is 2.96. The minimum Gasteiger partial charge on any atom is -0.493 e. The fourth-order valence-corrected chi connectivity index (χ4v) is 4.19. The van der Waals surface area contributed by atoms with Gasteiger partial charge in [0.1, 0.15) is 0 Å². The zero-order chi connectivity index (χ0) is 21.4. The van der Waals surface area contributed by atoms with Gasteiger partial charge in [-0.2, -0.15) is 0 Å². The van der Waals surface area contributed by atoms with E-state index in [0.717, 1.165) is 5.56 Å². The second kappa shape index (κ2) is 7.74. The summed E-state index contributed by atoms with van der Waals surface area (Å²) in [5.74, 6) is 0.956. The maximum Gasteiger partial charge on any atom is 0.322 e. The van der Waals surface area contributed by atoms with Crippen molar-refractivity contribution in [2.45, 2.75) is 19.0 Å². The summed E-state index contributed by atoms with van der Waals surface area (Å²) in [5.41, 5.74) is 3.00. The highest BCUT2D eigenvalue weighted by molar-refractivity contribution is 6.01. The molecule has 0 spiro atoms. The maximum atomic E-state index is 13.6. The normalized spacial score (nSPS) is 19.5. The Morgan fingerprint density at radius 3 is 2.43 bits per heavy atom. The molecule has 0 saturated heterocycles. The van der Waals surface area contributed by atoms with E-state index in [-0.39, 0.29) is 18.0 Å². The summed E-state index contributed by atoms with van der Waals surface area (Å²) in [7, 11) is 4.80. The van der Waals surface area contributed by atoms with Gasteiger partial charge in [0.25, 0.3) is 5.91 Å². The SMILES string of the molecule is COc1cccc([C@H]2NC(=O)N(C)C3=C2C(=O)N([C@@H](C)c2ccccc2)C3)c1OC. The van der Waals surface area contributed by atoms with Crippen LogP contribution in [0.4, 0.5) is 4.79 Å². The lowest BCUT2D eigenvalue weighted by molar-refractivity contribution is -0.127. The van der Waals surface area contributed by atoms with Crippen LogP contribution in [0.25, 0.3) is 0 Å². The van der Waals surface area contributed by atoms with Gasteiger partial charge in [0.05, 0.1) is 44.1 Å². The van der Waals surface area contributed by atoms with Crippen LogP contribution in [0.1, 0.15) is 30.1 Å². The Balaban J connectivity index is 1.77. The van der Waals surface area contributed by atoms with Crippen molar-refractivity contribution in [3.05, 3.63) is 70.9 Å². The molecular weight excluding hydrogens is 382 g/mol. The molecule has 2 aromatic carbocycles. The fraction of sp³-hybridized carbons (Fsp3) is 0.304. The lowest BCUT2D eigenvalue weighted by Crippen LogP contribution is -2.45. The molecule has 7 nitrogen and oxygen atoms in total. The topological polar surface area (TPSA) is 71.1 Å². The number of para-hydroxylation sites is 1. The van der Waals surface area contributed by atoms with Crippen molar-refractivity contribution in [3.8, 4) is 11.5 Å². The summed E-state index contributed by atoms with van der Waals surface area (Å²) < 4.78 is 11.0. The number of urea groups is 1. The Labute approximate surface area is 175 Å². The number of likely N-dealkylation sites (N-methyl/N-ethyl adjacent to an activating group) is 1. The molecule has 156 valence electrons. The summed E-state index contributed by atoms with van der Waals surface area (Å²) in [6.07, 6.45) is 0. The first kappa shape index (κ1) is 19.8. The first-order valence-electron chi connectivity index (χ1n) is 9.82. The Bertz CT molecular complexity index is 1020. The van der Waals surface area contributed by atoms with Gasteiger partial charge in [0.2, 0.25) is 0 Å². The van der Waals surface area contributed by atoms with Gasteiger partial charge in [-0.3, -0.25) is 9.69 Å². The highest BCUT2D eigenvalue weighted by Gasteiger charge is 2.45. The van der Waals surface area contributed by atoms with Crippen LogP contribution in [0.3, 0.4) is 0 Å². The number of carbonyl (C=O) groups excluding carboxylic acids is 2. The number of nitrogens with one attached hydrogen (secondary N) is 1. The minimum absolute atomic E-state index is 0.0944. The number of hydrogen-bond acceptors (Lipinski definition) is 4. The van der Waals surface area contributed by atoms with Crippen molar-refractivity contribution in [1.82, 2.24) is 15.1 Å². The van der Waals surface area contributed by atoms with E-state index in [1.807, 2.05) is 49.4 Å². The van der Waals surface area contributed by atoms with Gasteiger partial charge in [-0.15, -0.1) is 0 Å². The van der Waals surface area contributed by atoms with Crippen molar-refractivity contribution < 1.29 is 19.1 Å². The fourth-order valence-electron chi connectivity index (χ4n) is 4.19. The van der Waals surface area contributed by atoms with E-state index < -0.39 is 6.04 Å². The number of nitrogens with zero attached hydrogens (tertiary/aromatic N) is 2. The van der Waals surface area contributed by atoms with Gasteiger partial charge in [0.15, 0.2) is 11.5 Å². The van der Waals surface area contributed by atoms with Crippen molar-refractivity contribution >= 4 is 11.9 Å². The molecule has 2 atom stereocenters.